The quantitative estimate of drug-likeness (QED) is 0.486. The van der Waals surface area contributed by atoms with E-state index in [2.05, 4.69) is 26.0 Å². The molecule has 0 N–H and O–H groups in total. The molecular formula is C20H17BrF3N3O. The first-order valence-corrected chi connectivity index (χ1v) is 9.44. The van der Waals surface area contributed by atoms with Gasteiger partial charge in [-0.25, -0.2) is 4.98 Å². The van der Waals surface area contributed by atoms with Gasteiger partial charge in [-0.2, -0.15) is 22.9 Å². The Labute approximate surface area is 167 Å². The molecule has 0 bridgehead atoms. The number of aromatic nitrogens is 2. The zero-order chi connectivity index (χ0) is 20.5. The average molecular weight is 452 g/mol. The van der Waals surface area contributed by atoms with Gasteiger partial charge >= 0.3 is 6.18 Å². The molecular weight excluding hydrogens is 435 g/mol. The second-order valence-electron chi connectivity index (χ2n) is 6.43. The van der Waals surface area contributed by atoms with Crippen molar-refractivity contribution < 1.29 is 13.2 Å². The van der Waals surface area contributed by atoms with Gasteiger partial charge in [0.25, 0.3) is 5.56 Å². The van der Waals surface area contributed by atoms with Crippen LogP contribution in [-0.4, -0.2) is 15.9 Å². The van der Waals surface area contributed by atoms with Crippen LogP contribution >= 0.6 is 15.9 Å². The van der Waals surface area contributed by atoms with Gasteiger partial charge in [-0.05, 0) is 42.3 Å². The summed E-state index contributed by atoms with van der Waals surface area (Å²) in [5.74, 6) is 0.407. The molecule has 0 radical (unpaired) electrons. The Morgan fingerprint density at radius 2 is 2.00 bits per heavy atom. The van der Waals surface area contributed by atoms with Crippen molar-refractivity contribution in [3.05, 3.63) is 74.2 Å². The number of benzene rings is 2. The first-order valence-electron chi connectivity index (χ1n) is 8.64. The van der Waals surface area contributed by atoms with E-state index in [1.165, 1.54) is 23.0 Å². The highest BCUT2D eigenvalue weighted by Crippen LogP contribution is 2.29. The second-order valence-corrected chi connectivity index (χ2v) is 7.34. The maximum Gasteiger partial charge on any atom is 0.416 e. The lowest BCUT2D eigenvalue weighted by Crippen LogP contribution is -2.23. The van der Waals surface area contributed by atoms with Crippen LogP contribution in [0.15, 0.2) is 56.8 Å². The summed E-state index contributed by atoms with van der Waals surface area (Å²) in [6.45, 7) is 3.88. The van der Waals surface area contributed by atoms with Gasteiger partial charge in [0.2, 0.25) is 0 Å². The standard InChI is InChI=1S/C20H17BrF3N3O/c1-3-12(2)18-26-17-8-7-15(21)10-16(17)19(28)27(18)25-11-13-5-4-6-14(9-13)20(22,23)24/h4-12H,3H2,1-2H3/t12-/m0/s1. The molecule has 2 aromatic carbocycles. The molecule has 0 amide bonds. The highest BCUT2D eigenvalue weighted by atomic mass is 79.9. The van der Waals surface area contributed by atoms with Crippen molar-refractivity contribution in [3.63, 3.8) is 0 Å². The summed E-state index contributed by atoms with van der Waals surface area (Å²) in [7, 11) is 0. The minimum atomic E-state index is -4.45. The van der Waals surface area contributed by atoms with Gasteiger partial charge in [0.15, 0.2) is 0 Å². The Morgan fingerprint density at radius 1 is 1.25 bits per heavy atom. The zero-order valence-corrected chi connectivity index (χ0v) is 16.8. The van der Waals surface area contributed by atoms with Crippen molar-refractivity contribution in [2.45, 2.75) is 32.4 Å². The molecule has 0 unspecified atom stereocenters. The number of hydrogen-bond donors (Lipinski definition) is 0. The lowest BCUT2D eigenvalue weighted by molar-refractivity contribution is -0.137. The van der Waals surface area contributed by atoms with Crippen molar-refractivity contribution in [3.8, 4) is 0 Å². The summed E-state index contributed by atoms with van der Waals surface area (Å²) in [6, 6.07) is 9.97. The SMILES string of the molecule is CC[C@H](C)c1nc2ccc(Br)cc2c(=O)n1N=Cc1cccc(C(F)(F)F)c1. The van der Waals surface area contributed by atoms with Crippen LogP contribution in [0.4, 0.5) is 13.2 Å². The topological polar surface area (TPSA) is 47.2 Å². The number of alkyl halides is 3. The summed E-state index contributed by atoms with van der Waals surface area (Å²) in [5, 5.41) is 4.56. The van der Waals surface area contributed by atoms with Crippen LogP contribution in [0.25, 0.3) is 10.9 Å². The third-order valence-electron chi connectivity index (χ3n) is 4.42. The van der Waals surface area contributed by atoms with Gasteiger partial charge in [-0.3, -0.25) is 4.79 Å². The van der Waals surface area contributed by atoms with E-state index in [1.807, 2.05) is 13.8 Å². The van der Waals surface area contributed by atoms with Crippen molar-refractivity contribution in [1.29, 1.82) is 0 Å². The molecule has 0 aliphatic carbocycles. The van der Waals surface area contributed by atoms with Gasteiger partial charge in [0, 0.05) is 10.4 Å². The van der Waals surface area contributed by atoms with Gasteiger partial charge in [0.1, 0.15) is 5.82 Å². The fraction of sp³-hybridized carbons (Fsp3) is 0.250. The maximum absolute atomic E-state index is 13.0. The molecule has 1 aromatic heterocycles. The van der Waals surface area contributed by atoms with Crippen LogP contribution < -0.4 is 5.56 Å². The summed E-state index contributed by atoms with van der Waals surface area (Å²) in [6.07, 6.45) is -2.47. The molecule has 0 fully saturated rings. The third kappa shape index (κ3) is 4.16. The number of rotatable bonds is 4. The Hall–Kier alpha value is -2.48. The van der Waals surface area contributed by atoms with Crippen molar-refractivity contribution in [2.24, 2.45) is 5.10 Å². The van der Waals surface area contributed by atoms with Crippen LogP contribution in [0.2, 0.25) is 0 Å². The lowest BCUT2D eigenvalue weighted by atomic mass is 10.1. The van der Waals surface area contributed by atoms with Gasteiger partial charge in [-0.15, -0.1) is 0 Å². The molecule has 3 aromatic rings. The van der Waals surface area contributed by atoms with Crippen molar-refractivity contribution >= 4 is 33.0 Å². The normalized spacial score (nSPS) is 13.4. The highest BCUT2D eigenvalue weighted by Gasteiger charge is 2.30. The highest BCUT2D eigenvalue weighted by molar-refractivity contribution is 9.10. The molecule has 0 aliphatic rings. The molecule has 0 saturated heterocycles. The molecule has 3 rings (SSSR count). The molecule has 1 atom stereocenters. The molecule has 0 spiro atoms. The van der Waals surface area contributed by atoms with E-state index in [1.54, 1.807) is 18.2 Å². The summed E-state index contributed by atoms with van der Waals surface area (Å²) in [5.41, 5.74) is -0.350. The van der Waals surface area contributed by atoms with Crippen molar-refractivity contribution in [1.82, 2.24) is 9.66 Å². The molecule has 0 saturated carbocycles. The first-order chi connectivity index (χ1) is 13.2. The van der Waals surface area contributed by atoms with E-state index >= 15 is 0 Å². The van der Waals surface area contributed by atoms with E-state index in [9.17, 15) is 18.0 Å². The minimum Gasteiger partial charge on any atom is -0.267 e. The third-order valence-corrected chi connectivity index (χ3v) is 4.92. The van der Waals surface area contributed by atoms with E-state index in [4.69, 9.17) is 0 Å². The van der Waals surface area contributed by atoms with E-state index in [-0.39, 0.29) is 17.0 Å². The molecule has 146 valence electrons. The Bertz CT molecular complexity index is 1110. The van der Waals surface area contributed by atoms with E-state index in [0.29, 0.717) is 16.7 Å². The maximum atomic E-state index is 13.0. The zero-order valence-electron chi connectivity index (χ0n) is 15.2. The molecule has 8 heteroatoms. The van der Waals surface area contributed by atoms with Crippen LogP contribution in [0.5, 0.6) is 0 Å². The van der Waals surface area contributed by atoms with Crippen LogP contribution in [0.1, 0.15) is 43.1 Å². The largest absolute Gasteiger partial charge is 0.416 e. The predicted molar refractivity (Wildman–Crippen MR) is 107 cm³/mol. The Balaban J connectivity index is 2.15. The summed E-state index contributed by atoms with van der Waals surface area (Å²) >= 11 is 3.33. The fourth-order valence-electron chi connectivity index (χ4n) is 2.70. The fourth-order valence-corrected chi connectivity index (χ4v) is 3.06. The van der Waals surface area contributed by atoms with Crippen molar-refractivity contribution in [2.75, 3.05) is 0 Å². The Morgan fingerprint density at radius 3 is 2.68 bits per heavy atom. The van der Waals surface area contributed by atoms with E-state index < -0.39 is 11.7 Å². The number of halogens is 4. The lowest BCUT2D eigenvalue weighted by Gasteiger charge is -2.14. The van der Waals surface area contributed by atoms with Gasteiger partial charge < -0.3 is 0 Å². The number of hydrogen-bond acceptors (Lipinski definition) is 3. The number of fused-ring (bicyclic) bond motifs is 1. The smallest absolute Gasteiger partial charge is 0.267 e. The Kier molecular flexibility index (Phi) is 5.69. The monoisotopic (exact) mass is 451 g/mol. The van der Waals surface area contributed by atoms with Gasteiger partial charge in [0.05, 0.1) is 22.7 Å². The van der Waals surface area contributed by atoms with Crippen LogP contribution in [-0.2, 0) is 6.18 Å². The summed E-state index contributed by atoms with van der Waals surface area (Å²) < 4.78 is 40.6. The molecule has 4 nitrogen and oxygen atoms in total. The number of nitrogens with zero attached hydrogens (tertiary/aromatic N) is 3. The molecule has 0 aliphatic heterocycles. The minimum absolute atomic E-state index is 0.0561. The molecule has 1 heterocycles. The predicted octanol–water partition coefficient (Wildman–Crippen LogP) is 5.57. The van der Waals surface area contributed by atoms with Crippen LogP contribution in [0.3, 0.4) is 0 Å². The van der Waals surface area contributed by atoms with Gasteiger partial charge in [-0.1, -0.05) is 41.9 Å². The average Bonchev–Trinajstić information content (AvgIpc) is 2.66. The molecule has 28 heavy (non-hydrogen) atoms. The second kappa shape index (κ2) is 7.87. The summed E-state index contributed by atoms with van der Waals surface area (Å²) in [4.78, 5) is 17.5. The first kappa shape index (κ1) is 20.3. The van der Waals surface area contributed by atoms with E-state index in [0.717, 1.165) is 23.0 Å². The van der Waals surface area contributed by atoms with Crippen LogP contribution in [0, 0.1) is 0 Å².